The summed E-state index contributed by atoms with van der Waals surface area (Å²) >= 11 is 0. The van der Waals surface area contributed by atoms with Crippen LogP contribution in [0.4, 0.5) is 5.69 Å². The molecule has 4 rings (SSSR count). The number of non-ortho nitro benzene ring substituents is 1. The van der Waals surface area contributed by atoms with Crippen molar-refractivity contribution in [2.75, 3.05) is 13.7 Å². The zero-order valence-corrected chi connectivity index (χ0v) is 20.1. The minimum absolute atomic E-state index is 0.0229. The van der Waals surface area contributed by atoms with Gasteiger partial charge in [-0.05, 0) is 42.0 Å². The summed E-state index contributed by atoms with van der Waals surface area (Å²) in [6.07, 6.45) is 1.72. The van der Waals surface area contributed by atoms with E-state index in [1.807, 2.05) is 42.5 Å². The maximum atomic E-state index is 12.7. The molecule has 2 N–H and O–H groups in total. The van der Waals surface area contributed by atoms with Crippen molar-refractivity contribution >= 4 is 17.5 Å². The van der Waals surface area contributed by atoms with Crippen molar-refractivity contribution in [3.63, 3.8) is 0 Å². The van der Waals surface area contributed by atoms with E-state index < -0.39 is 4.92 Å². The van der Waals surface area contributed by atoms with Gasteiger partial charge in [0, 0.05) is 36.0 Å². The number of amides is 2. The number of para-hydroxylation sites is 1. The molecule has 0 atom stereocenters. The number of nitro benzene ring substituents is 1. The zero-order valence-electron chi connectivity index (χ0n) is 20.1. The van der Waals surface area contributed by atoms with Gasteiger partial charge in [-0.25, -0.2) is 4.68 Å². The Kier molecular flexibility index (Phi) is 7.89. The van der Waals surface area contributed by atoms with Crippen LogP contribution in [0.5, 0.6) is 5.75 Å². The fourth-order valence-electron chi connectivity index (χ4n) is 3.66. The molecule has 37 heavy (non-hydrogen) atoms. The molecule has 1 heterocycles. The Balaban J connectivity index is 1.42. The van der Waals surface area contributed by atoms with Crippen LogP contribution in [-0.4, -0.2) is 40.2 Å². The van der Waals surface area contributed by atoms with Crippen molar-refractivity contribution in [1.82, 2.24) is 20.4 Å². The third-order valence-electron chi connectivity index (χ3n) is 5.61. The second-order valence-corrected chi connectivity index (χ2v) is 8.17. The number of carbonyl (C=O) groups is 2. The lowest BCUT2D eigenvalue weighted by Gasteiger charge is -2.08. The van der Waals surface area contributed by atoms with E-state index in [-0.39, 0.29) is 30.5 Å². The topological polar surface area (TPSA) is 128 Å². The van der Waals surface area contributed by atoms with Gasteiger partial charge in [0.05, 0.1) is 36.4 Å². The van der Waals surface area contributed by atoms with Crippen LogP contribution in [0, 0.1) is 10.1 Å². The van der Waals surface area contributed by atoms with Crippen LogP contribution in [0.1, 0.15) is 11.1 Å². The monoisotopic (exact) mass is 499 g/mol. The highest BCUT2D eigenvalue weighted by molar-refractivity contribution is 5.86. The van der Waals surface area contributed by atoms with E-state index in [2.05, 4.69) is 15.7 Å². The average molecular weight is 500 g/mol. The molecule has 0 saturated heterocycles. The molecule has 3 aromatic carbocycles. The van der Waals surface area contributed by atoms with Gasteiger partial charge >= 0.3 is 0 Å². The molecule has 0 aliphatic heterocycles. The van der Waals surface area contributed by atoms with Gasteiger partial charge < -0.3 is 15.4 Å². The number of nitrogens with one attached hydrogen (secondary N) is 2. The van der Waals surface area contributed by atoms with E-state index in [0.29, 0.717) is 23.4 Å². The highest BCUT2D eigenvalue weighted by atomic mass is 16.6. The largest absolute Gasteiger partial charge is 0.497 e. The fraction of sp³-hybridized carbons (Fsp3) is 0.148. The lowest BCUT2D eigenvalue weighted by atomic mass is 10.1. The summed E-state index contributed by atoms with van der Waals surface area (Å²) in [5.74, 6) is 0.0566. The molecule has 188 valence electrons. The van der Waals surface area contributed by atoms with Crippen molar-refractivity contribution in [2.24, 2.45) is 0 Å². The maximum Gasteiger partial charge on any atom is 0.269 e. The Morgan fingerprint density at radius 2 is 1.65 bits per heavy atom. The number of aromatic nitrogens is 2. The van der Waals surface area contributed by atoms with Gasteiger partial charge in [-0.1, -0.05) is 30.3 Å². The average Bonchev–Trinajstić information content (AvgIpc) is 3.35. The molecule has 1 aromatic heterocycles. The standard InChI is InChI=1S/C27H25N5O5/c1-37-24-13-7-19(8-14-24)16-28-26(34)17-29-25(33)15-21-18-31(22-5-3-2-4-6-22)30-27(21)20-9-11-23(12-10-20)32(35)36/h2-14,18H,15-17H2,1H3,(H,28,34)(H,29,33). The molecule has 0 aliphatic carbocycles. The third-order valence-corrected chi connectivity index (χ3v) is 5.61. The Hall–Kier alpha value is -4.99. The van der Waals surface area contributed by atoms with Crippen LogP contribution >= 0.6 is 0 Å². The third kappa shape index (κ3) is 6.57. The van der Waals surface area contributed by atoms with Gasteiger partial charge in [0.25, 0.3) is 5.69 Å². The lowest BCUT2D eigenvalue weighted by molar-refractivity contribution is -0.384. The number of nitrogens with zero attached hydrogens (tertiary/aromatic N) is 3. The SMILES string of the molecule is COc1ccc(CNC(=O)CNC(=O)Cc2cn(-c3ccccc3)nc2-c2ccc([N+](=O)[O-])cc2)cc1. The van der Waals surface area contributed by atoms with Crippen molar-refractivity contribution in [1.29, 1.82) is 0 Å². The molecular weight excluding hydrogens is 474 g/mol. The lowest BCUT2D eigenvalue weighted by Crippen LogP contribution is -2.37. The molecule has 0 radical (unpaired) electrons. The Morgan fingerprint density at radius 1 is 0.946 bits per heavy atom. The predicted molar refractivity (Wildman–Crippen MR) is 137 cm³/mol. The van der Waals surface area contributed by atoms with Crippen LogP contribution in [0.3, 0.4) is 0 Å². The smallest absolute Gasteiger partial charge is 0.269 e. The van der Waals surface area contributed by atoms with Crippen molar-refractivity contribution in [3.8, 4) is 22.7 Å². The fourth-order valence-corrected chi connectivity index (χ4v) is 3.66. The summed E-state index contributed by atoms with van der Waals surface area (Å²) in [4.78, 5) is 35.5. The molecule has 4 aromatic rings. The first-order valence-electron chi connectivity index (χ1n) is 11.5. The molecular formula is C27H25N5O5. The number of methoxy groups -OCH3 is 1. The minimum Gasteiger partial charge on any atom is -0.497 e. The highest BCUT2D eigenvalue weighted by Crippen LogP contribution is 2.26. The number of carbonyl (C=O) groups excluding carboxylic acids is 2. The van der Waals surface area contributed by atoms with Crippen molar-refractivity contribution in [3.05, 3.63) is 106 Å². The van der Waals surface area contributed by atoms with Crippen LogP contribution in [0.25, 0.3) is 16.9 Å². The van der Waals surface area contributed by atoms with Crippen LogP contribution in [-0.2, 0) is 22.6 Å². The normalized spacial score (nSPS) is 10.5. The number of benzene rings is 3. The maximum absolute atomic E-state index is 12.7. The summed E-state index contributed by atoms with van der Waals surface area (Å²) in [6.45, 7) is 0.154. The second-order valence-electron chi connectivity index (χ2n) is 8.17. The summed E-state index contributed by atoms with van der Waals surface area (Å²) in [7, 11) is 1.58. The molecule has 0 spiro atoms. The van der Waals surface area contributed by atoms with E-state index in [4.69, 9.17) is 4.74 Å². The van der Waals surface area contributed by atoms with Gasteiger partial charge in [0.1, 0.15) is 5.75 Å². The molecule has 2 amide bonds. The molecule has 0 aliphatic rings. The summed E-state index contributed by atoms with van der Waals surface area (Å²) in [6, 6.07) is 22.7. The van der Waals surface area contributed by atoms with Gasteiger partial charge in [-0.2, -0.15) is 5.10 Å². The van der Waals surface area contributed by atoms with Gasteiger partial charge in [0.15, 0.2) is 0 Å². The molecule has 0 bridgehead atoms. The van der Waals surface area contributed by atoms with Crippen molar-refractivity contribution < 1.29 is 19.2 Å². The number of rotatable bonds is 10. The first kappa shape index (κ1) is 25.1. The van der Waals surface area contributed by atoms with Crippen LogP contribution in [0.2, 0.25) is 0 Å². The number of hydrogen-bond donors (Lipinski definition) is 2. The predicted octanol–water partition coefficient (Wildman–Crippen LogP) is 3.43. The van der Waals surface area contributed by atoms with Crippen LogP contribution in [0.15, 0.2) is 85.1 Å². The summed E-state index contributed by atoms with van der Waals surface area (Å²) < 4.78 is 6.77. The number of ether oxygens (including phenoxy) is 1. The molecule has 10 heteroatoms. The Bertz CT molecular complexity index is 1380. The highest BCUT2D eigenvalue weighted by Gasteiger charge is 2.17. The molecule has 0 fully saturated rings. The summed E-state index contributed by atoms with van der Waals surface area (Å²) in [5, 5.41) is 21.1. The Morgan fingerprint density at radius 3 is 2.30 bits per heavy atom. The first-order chi connectivity index (χ1) is 17.9. The number of nitro groups is 1. The second kappa shape index (κ2) is 11.6. The Labute approximate surface area is 213 Å². The van der Waals surface area contributed by atoms with Crippen molar-refractivity contribution in [2.45, 2.75) is 13.0 Å². The minimum atomic E-state index is -0.472. The van der Waals surface area contributed by atoms with Gasteiger partial charge in [-0.3, -0.25) is 19.7 Å². The quantitative estimate of drug-likeness (QED) is 0.254. The van der Waals surface area contributed by atoms with E-state index in [1.54, 1.807) is 42.3 Å². The molecule has 0 saturated carbocycles. The van der Waals surface area contributed by atoms with Crippen LogP contribution < -0.4 is 15.4 Å². The zero-order chi connectivity index (χ0) is 26.2. The van der Waals surface area contributed by atoms with E-state index in [1.165, 1.54) is 12.1 Å². The number of hydrogen-bond acceptors (Lipinski definition) is 6. The van der Waals surface area contributed by atoms with E-state index in [9.17, 15) is 19.7 Å². The molecule has 10 nitrogen and oxygen atoms in total. The van der Waals surface area contributed by atoms with Gasteiger partial charge in [-0.15, -0.1) is 0 Å². The first-order valence-corrected chi connectivity index (χ1v) is 11.5. The summed E-state index contributed by atoms with van der Waals surface area (Å²) in [5.41, 5.74) is 3.45. The van der Waals surface area contributed by atoms with E-state index >= 15 is 0 Å². The van der Waals surface area contributed by atoms with E-state index in [0.717, 1.165) is 17.0 Å². The van der Waals surface area contributed by atoms with Gasteiger partial charge in [0.2, 0.25) is 11.8 Å². The molecule has 0 unspecified atom stereocenters.